The molecule has 1 heterocycles. The van der Waals surface area contributed by atoms with Crippen LogP contribution in [-0.4, -0.2) is 27.2 Å². The maximum atomic E-state index is 5.73. The highest BCUT2D eigenvalue weighted by atomic mass is 16.4. The van der Waals surface area contributed by atoms with Crippen LogP contribution in [0.4, 0.5) is 5.88 Å². The van der Waals surface area contributed by atoms with Gasteiger partial charge in [-0.15, -0.1) is 0 Å². The highest BCUT2D eigenvalue weighted by Gasteiger charge is 2.06. The molecule has 15 heavy (non-hydrogen) atoms. The van der Waals surface area contributed by atoms with Gasteiger partial charge in [0.05, 0.1) is 0 Å². The summed E-state index contributed by atoms with van der Waals surface area (Å²) in [6, 6.07) is 10.1. The second-order valence-corrected chi connectivity index (χ2v) is 3.65. The SMILES string of the molecule is CNCCN(C)c1cc2ccccc2o1. The summed E-state index contributed by atoms with van der Waals surface area (Å²) in [4.78, 5) is 2.11. The van der Waals surface area contributed by atoms with E-state index in [0.717, 1.165) is 29.9 Å². The molecule has 0 bridgehead atoms. The average Bonchev–Trinajstić information content (AvgIpc) is 2.69. The summed E-state index contributed by atoms with van der Waals surface area (Å²) in [5.41, 5.74) is 0.948. The first-order valence-corrected chi connectivity index (χ1v) is 5.15. The fraction of sp³-hybridized carbons (Fsp3) is 0.333. The molecule has 3 heteroatoms. The third-order valence-electron chi connectivity index (χ3n) is 2.49. The molecule has 2 rings (SSSR count). The summed E-state index contributed by atoms with van der Waals surface area (Å²) in [7, 11) is 3.99. The Balaban J connectivity index is 2.20. The van der Waals surface area contributed by atoms with Crippen molar-refractivity contribution in [2.45, 2.75) is 0 Å². The lowest BCUT2D eigenvalue weighted by molar-refractivity contribution is 0.592. The van der Waals surface area contributed by atoms with Crippen molar-refractivity contribution in [3.05, 3.63) is 30.3 Å². The first-order valence-electron chi connectivity index (χ1n) is 5.15. The van der Waals surface area contributed by atoms with E-state index in [-0.39, 0.29) is 0 Å². The molecule has 2 aromatic rings. The molecule has 0 spiro atoms. The van der Waals surface area contributed by atoms with E-state index in [1.807, 2.05) is 32.3 Å². The molecule has 1 N–H and O–H groups in total. The van der Waals surface area contributed by atoms with Crippen LogP contribution in [-0.2, 0) is 0 Å². The second-order valence-electron chi connectivity index (χ2n) is 3.65. The van der Waals surface area contributed by atoms with Gasteiger partial charge in [-0.3, -0.25) is 0 Å². The van der Waals surface area contributed by atoms with Crippen LogP contribution in [0, 0.1) is 0 Å². The number of nitrogens with zero attached hydrogens (tertiary/aromatic N) is 1. The normalized spacial score (nSPS) is 10.8. The Hall–Kier alpha value is -1.48. The van der Waals surface area contributed by atoms with Gasteiger partial charge in [0.25, 0.3) is 0 Å². The molecule has 0 amide bonds. The Morgan fingerprint density at radius 3 is 2.87 bits per heavy atom. The van der Waals surface area contributed by atoms with Crippen LogP contribution in [0.3, 0.4) is 0 Å². The molecule has 80 valence electrons. The largest absolute Gasteiger partial charge is 0.441 e. The van der Waals surface area contributed by atoms with Crippen molar-refractivity contribution in [2.75, 3.05) is 32.1 Å². The number of anilines is 1. The predicted octanol–water partition coefficient (Wildman–Crippen LogP) is 2.09. The van der Waals surface area contributed by atoms with Crippen molar-refractivity contribution in [1.82, 2.24) is 5.32 Å². The third kappa shape index (κ3) is 2.13. The molecule has 1 aromatic carbocycles. The predicted molar refractivity (Wildman–Crippen MR) is 63.4 cm³/mol. The number of hydrogen-bond donors (Lipinski definition) is 1. The maximum absolute atomic E-state index is 5.73. The summed E-state index contributed by atoms with van der Waals surface area (Å²) in [5, 5.41) is 4.28. The fourth-order valence-electron chi connectivity index (χ4n) is 1.55. The molecular weight excluding hydrogens is 188 g/mol. The van der Waals surface area contributed by atoms with Gasteiger partial charge in [-0.25, -0.2) is 0 Å². The molecule has 0 saturated heterocycles. The molecule has 0 saturated carbocycles. The van der Waals surface area contributed by atoms with Gasteiger partial charge < -0.3 is 14.6 Å². The molecule has 0 atom stereocenters. The van der Waals surface area contributed by atoms with Gasteiger partial charge in [-0.2, -0.15) is 0 Å². The van der Waals surface area contributed by atoms with Crippen LogP contribution < -0.4 is 10.2 Å². The molecule has 0 aliphatic heterocycles. The lowest BCUT2D eigenvalue weighted by Gasteiger charge is -2.14. The average molecular weight is 204 g/mol. The van der Waals surface area contributed by atoms with Gasteiger partial charge in [0, 0.05) is 31.6 Å². The highest BCUT2D eigenvalue weighted by Crippen LogP contribution is 2.24. The van der Waals surface area contributed by atoms with Crippen LogP contribution in [0.5, 0.6) is 0 Å². The van der Waals surface area contributed by atoms with Crippen molar-refractivity contribution in [3.63, 3.8) is 0 Å². The monoisotopic (exact) mass is 204 g/mol. The quantitative estimate of drug-likeness (QED) is 0.826. The Morgan fingerprint density at radius 1 is 1.33 bits per heavy atom. The van der Waals surface area contributed by atoms with Crippen molar-refractivity contribution in [2.24, 2.45) is 0 Å². The van der Waals surface area contributed by atoms with Gasteiger partial charge in [0.15, 0.2) is 5.88 Å². The van der Waals surface area contributed by atoms with Gasteiger partial charge >= 0.3 is 0 Å². The number of hydrogen-bond acceptors (Lipinski definition) is 3. The summed E-state index contributed by atoms with van der Waals surface area (Å²) >= 11 is 0. The van der Waals surface area contributed by atoms with E-state index in [0.29, 0.717) is 0 Å². The van der Waals surface area contributed by atoms with Gasteiger partial charge in [-0.1, -0.05) is 18.2 Å². The standard InChI is InChI=1S/C12H16N2O/c1-13-7-8-14(2)12-9-10-5-3-4-6-11(10)15-12/h3-6,9,13H,7-8H2,1-2H3. The van der Waals surface area contributed by atoms with Crippen molar-refractivity contribution < 1.29 is 4.42 Å². The van der Waals surface area contributed by atoms with Gasteiger partial charge in [-0.05, 0) is 13.1 Å². The second kappa shape index (κ2) is 4.36. The topological polar surface area (TPSA) is 28.4 Å². The van der Waals surface area contributed by atoms with Crippen LogP contribution in [0.25, 0.3) is 11.0 Å². The minimum atomic E-state index is 0.923. The molecule has 3 nitrogen and oxygen atoms in total. The molecule has 0 radical (unpaired) electrons. The minimum Gasteiger partial charge on any atom is -0.441 e. The number of rotatable bonds is 4. The van der Waals surface area contributed by atoms with E-state index < -0.39 is 0 Å². The molecule has 1 aromatic heterocycles. The number of nitrogens with one attached hydrogen (secondary N) is 1. The summed E-state index contributed by atoms with van der Waals surface area (Å²) in [6.07, 6.45) is 0. The zero-order valence-electron chi connectivity index (χ0n) is 9.16. The van der Waals surface area contributed by atoms with Crippen LogP contribution in [0.2, 0.25) is 0 Å². The molecular formula is C12H16N2O. The van der Waals surface area contributed by atoms with Gasteiger partial charge in [0.1, 0.15) is 5.58 Å². The smallest absolute Gasteiger partial charge is 0.196 e. The maximum Gasteiger partial charge on any atom is 0.196 e. The fourth-order valence-corrected chi connectivity index (χ4v) is 1.55. The highest BCUT2D eigenvalue weighted by molar-refractivity contribution is 5.80. The number of benzene rings is 1. The van der Waals surface area contributed by atoms with E-state index in [1.54, 1.807) is 0 Å². The Labute approximate surface area is 89.7 Å². The van der Waals surface area contributed by atoms with Gasteiger partial charge in [0.2, 0.25) is 0 Å². The van der Waals surface area contributed by atoms with Crippen LogP contribution in [0.15, 0.2) is 34.7 Å². The zero-order chi connectivity index (χ0) is 10.7. The van der Waals surface area contributed by atoms with E-state index in [4.69, 9.17) is 4.42 Å². The minimum absolute atomic E-state index is 0.923. The summed E-state index contributed by atoms with van der Waals surface area (Å²) in [5.74, 6) is 0.923. The van der Waals surface area contributed by atoms with Crippen LogP contribution >= 0.6 is 0 Å². The molecule has 0 aliphatic carbocycles. The summed E-state index contributed by atoms with van der Waals surface area (Å²) < 4.78 is 5.73. The van der Waals surface area contributed by atoms with Crippen molar-refractivity contribution in [3.8, 4) is 0 Å². The third-order valence-corrected chi connectivity index (χ3v) is 2.49. The molecule has 0 fully saturated rings. The first-order chi connectivity index (χ1) is 7.31. The lowest BCUT2D eigenvalue weighted by Crippen LogP contribution is -2.26. The van der Waals surface area contributed by atoms with E-state index in [2.05, 4.69) is 22.3 Å². The lowest BCUT2D eigenvalue weighted by atomic mass is 10.3. The Morgan fingerprint density at radius 2 is 2.13 bits per heavy atom. The van der Waals surface area contributed by atoms with E-state index in [9.17, 15) is 0 Å². The van der Waals surface area contributed by atoms with Crippen molar-refractivity contribution in [1.29, 1.82) is 0 Å². The zero-order valence-corrected chi connectivity index (χ0v) is 9.16. The number of para-hydroxylation sites is 1. The summed E-state index contributed by atoms with van der Waals surface area (Å²) in [6.45, 7) is 1.89. The van der Waals surface area contributed by atoms with Crippen LogP contribution in [0.1, 0.15) is 0 Å². The Kier molecular flexibility index (Phi) is 2.92. The van der Waals surface area contributed by atoms with E-state index in [1.165, 1.54) is 0 Å². The van der Waals surface area contributed by atoms with Crippen molar-refractivity contribution >= 4 is 16.9 Å². The van der Waals surface area contributed by atoms with E-state index >= 15 is 0 Å². The number of fused-ring (bicyclic) bond motifs is 1. The Bertz CT molecular complexity index is 403. The first kappa shape index (κ1) is 10.1. The number of furan rings is 1. The molecule has 0 aliphatic rings. The number of likely N-dealkylation sites (N-methyl/N-ethyl adjacent to an activating group) is 2. The molecule has 0 unspecified atom stereocenters.